The van der Waals surface area contributed by atoms with Crippen molar-refractivity contribution in [3.63, 3.8) is 0 Å². The predicted molar refractivity (Wildman–Crippen MR) is 111 cm³/mol. The smallest absolute Gasteiger partial charge is 0.341 e. The van der Waals surface area contributed by atoms with Crippen LogP contribution >= 0.6 is 0 Å². The van der Waals surface area contributed by atoms with E-state index < -0.39 is 17.8 Å². The maximum Gasteiger partial charge on any atom is 0.341 e. The first-order valence-electron chi connectivity index (χ1n) is 9.26. The molecule has 0 fully saturated rings. The molecule has 0 spiro atoms. The average molecular weight is 410 g/mol. The number of ether oxygens (including phenoxy) is 2. The summed E-state index contributed by atoms with van der Waals surface area (Å²) in [5.74, 6) is -2.19. The molecule has 0 atom stereocenters. The molecule has 0 N–H and O–H groups in total. The molecule has 30 heavy (non-hydrogen) atoms. The molecule has 0 amide bonds. The summed E-state index contributed by atoms with van der Waals surface area (Å²) < 4.78 is 24.2. The van der Waals surface area contributed by atoms with Crippen LogP contribution in [0.25, 0.3) is 11.1 Å². The molecule has 0 heterocycles. The van der Waals surface area contributed by atoms with E-state index in [4.69, 9.17) is 9.47 Å². The normalized spacial score (nSPS) is 10.2. The molecule has 0 aliphatic heterocycles. The summed E-state index contributed by atoms with van der Waals surface area (Å²) in [6, 6.07) is 11.3. The predicted octanol–water partition coefficient (Wildman–Crippen LogP) is 4.46. The van der Waals surface area contributed by atoms with Gasteiger partial charge >= 0.3 is 11.9 Å². The molecular formula is C24H23FO5. The molecule has 0 aliphatic carbocycles. The molecule has 6 heteroatoms. The number of allylic oxidation sites excluding steroid dienone is 1. The highest BCUT2D eigenvalue weighted by molar-refractivity contribution is 5.95. The van der Waals surface area contributed by atoms with E-state index in [1.165, 1.54) is 19.1 Å². The van der Waals surface area contributed by atoms with Gasteiger partial charge in [0.15, 0.2) is 5.78 Å². The fourth-order valence-corrected chi connectivity index (χ4v) is 2.48. The second-order valence-electron chi connectivity index (χ2n) is 6.82. The van der Waals surface area contributed by atoms with Gasteiger partial charge in [0.1, 0.15) is 19.0 Å². The lowest BCUT2D eigenvalue weighted by atomic mass is 9.99. The molecule has 0 bridgehead atoms. The first kappa shape index (κ1) is 22.7. The third-order valence-corrected chi connectivity index (χ3v) is 4.22. The van der Waals surface area contributed by atoms with Gasteiger partial charge in [-0.15, -0.1) is 0 Å². The Morgan fingerprint density at radius 3 is 2.03 bits per heavy atom. The van der Waals surface area contributed by atoms with Crippen LogP contribution in [-0.4, -0.2) is 30.9 Å². The molecule has 0 aromatic heterocycles. The van der Waals surface area contributed by atoms with Crippen LogP contribution in [0.2, 0.25) is 0 Å². The van der Waals surface area contributed by atoms with Gasteiger partial charge < -0.3 is 9.47 Å². The summed E-state index contributed by atoms with van der Waals surface area (Å²) in [5.41, 5.74) is 2.67. The van der Waals surface area contributed by atoms with Crippen molar-refractivity contribution in [1.29, 1.82) is 0 Å². The Morgan fingerprint density at radius 2 is 1.47 bits per heavy atom. The van der Waals surface area contributed by atoms with Gasteiger partial charge in [-0.25, -0.2) is 14.0 Å². The molecule has 0 aliphatic rings. The molecule has 2 rings (SSSR count). The van der Waals surface area contributed by atoms with Crippen LogP contribution in [0.1, 0.15) is 29.8 Å². The highest BCUT2D eigenvalue weighted by Crippen LogP contribution is 2.23. The minimum Gasteiger partial charge on any atom is -0.459 e. The van der Waals surface area contributed by atoms with Crippen molar-refractivity contribution in [2.75, 3.05) is 13.2 Å². The number of rotatable bonds is 9. The second-order valence-corrected chi connectivity index (χ2v) is 6.82. The summed E-state index contributed by atoms with van der Waals surface area (Å²) in [6.07, 6.45) is 0.260. The van der Waals surface area contributed by atoms with Crippen molar-refractivity contribution in [2.45, 2.75) is 20.3 Å². The summed E-state index contributed by atoms with van der Waals surface area (Å²) in [7, 11) is 0. The lowest BCUT2D eigenvalue weighted by Crippen LogP contribution is -2.15. The molecular weight excluding hydrogens is 387 g/mol. The van der Waals surface area contributed by atoms with Crippen molar-refractivity contribution in [2.24, 2.45) is 0 Å². The number of ketones is 1. The molecule has 2 aromatic rings. The van der Waals surface area contributed by atoms with Crippen LogP contribution in [0.5, 0.6) is 0 Å². The lowest BCUT2D eigenvalue weighted by molar-refractivity contribution is -0.140. The van der Waals surface area contributed by atoms with Gasteiger partial charge in [-0.3, -0.25) is 4.79 Å². The van der Waals surface area contributed by atoms with Crippen LogP contribution in [-0.2, 0) is 25.5 Å². The van der Waals surface area contributed by atoms with E-state index in [2.05, 4.69) is 13.2 Å². The standard InChI is InChI=1S/C24H23FO5/c1-15(2)22(26)13-17-5-7-18(8-6-17)19-9-10-20(21(25)14-19)24(28)30-12-11-29-23(27)16(3)4/h5-10,14H,1,3,11-13H2,2,4H3. The highest BCUT2D eigenvalue weighted by Gasteiger charge is 2.15. The van der Waals surface area contributed by atoms with Crippen LogP contribution in [0.4, 0.5) is 4.39 Å². The fraction of sp³-hybridized carbons (Fsp3) is 0.208. The van der Waals surface area contributed by atoms with Crippen molar-refractivity contribution in [3.05, 3.63) is 83.7 Å². The number of carbonyl (C=O) groups excluding carboxylic acids is 3. The topological polar surface area (TPSA) is 69.7 Å². The first-order chi connectivity index (χ1) is 14.2. The van der Waals surface area contributed by atoms with E-state index in [9.17, 15) is 18.8 Å². The quantitative estimate of drug-likeness (QED) is 0.347. The fourth-order valence-electron chi connectivity index (χ4n) is 2.48. The van der Waals surface area contributed by atoms with Crippen LogP contribution < -0.4 is 0 Å². The monoisotopic (exact) mass is 410 g/mol. The molecule has 2 aromatic carbocycles. The van der Waals surface area contributed by atoms with Gasteiger partial charge in [-0.05, 0) is 48.2 Å². The lowest BCUT2D eigenvalue weighted by Gasteiger charge is -2.09. The third kappa shape index (κ3) is 6.24. The largest absolute Gasteiger partial charge is 0.459 e. The van der Waals surface area contributed by atoms with E-state index in [-0.39, 0.29) is 36.6 Å². The highest BCUT2D eigenvalue weighted by atomic mass is 19.1. The number of Topliss-reactive ketones (excluding diaryl/α,β-unsaturated/α-hetero) is 1. The molecule has 5 nitrogen and oxygen atoms in total. The summed E-state index contributed by atoms with van der Waals surface area (Å²) in [6.45, 7) is 9.90. The maximum absolute atomic E-state index is 14.4. The Morgan fingerprint density at radius 1 is 0.867 bits per heavy atom. The molecule has 156 valence electrons. The zero-order valence-corrected chi connectivity index (χ0v) is 17.0. The SMILES string of the molecule is C=C(C)C(=O)Cc1ccc(-c2ccc(C(=O)OCCOC(=O)C(=C)C)c(F)c2)cc1. The van der Waals surface area contributed by atoms with Crippen molar-refractivity contribution >= 4 is 17.7 Å². The maximum atomic E-state index is 14.4. The summed E-state index contributed by atoms with van der Waals surface area (Å²) in [4.78, 5) is 35.0. The Balaban J connectivity index is 2.00. The number of hydrogen-bond donors (Lipinski definition) is 0. The van der Waals surface area contributed by atoms with Gasteiger partial charge in [0.2, 0.25) is 0 Å². The Kier molecular flexibility index (Phi) is 7.81. The third-order valence-electron chi connectivity index (χ3n) is 4.22. The molecule has 0 saturated carbocycles. The second kappa shape index (κ2) is 10.3. The Bertz CT molecular complexity index is 989. The molecule has 0 radical (unpaired) electrons. The number of carbonyl (C=O) groups is 3. The number of hydrogen-bond acceptors (Lipinski definition) is 5. The van der Waals surface area contributed by atoms with E-state index in [1.54, 1.807) is 37.3 Å². The van der Waals surface area contributed by atoms with E-state index >= 15 is 0 Å². The zero-order chi connectivity index (χ0) is 22.3. The van der Waals surface area contributed by atoms with Gasteiger partial charge in [-0.2, -0.15) is 0 Å². The van der Waals surface area contributed by atoms with E-state index in [0.29, 0.717) is 11.1 Å². The summed E-state index contributed by atoms with van der Waals surface area (Å²) >= 11 is 0. The molecule has 0 unspecified atom stereocenters. The van der Waals surface area contributed by atoms with Crippen molar-refractivity contribution < 1.29 is 28.2 Å². The van der Waals surface area contributed by atoms with Crippen LogP contribution in [0, 0.1) is 5.82 Å². The zero-order valence-electron chi connectivity index (χ0n) is 17.0. The summed E-state index contributed by atoms with van der Waals surface area (Å²) in [5, 5.41) is 0. The van der Waals surface area contributed by atoms with Crippen LogP contribution in [0.3, 0.4) is 0 Å². The van der Waals surface area contributed by atoms with Crippen LogP contribution in [0.15, 0.2) is 66.8 Å². The van der Waals surface area contributed by atoms with Gasteiger partial charge in [-0.1, -0.05) is 43.5 Å². The minimum atomic E-state index is -0.848. The first-order valence-corrected chi connectivity index (χ1v) is 9.26. The molecule has 0 saturated heterocycles. The Labute approximate surface area is 174 Å². The van der Waals surface area contributed by atoms with Gasteiger partial charge in [0.25, 0.3) is 0 Å². The Hall–Kier alpha value is -3.54. The van der Waals surface area contributed by atoms with E-state index in [1.807, 2.05) is 0 Å². The number of halogens is 1. The average Bonchev–Trinajstić information content (AvgIpc) is 2.71. The van der Waals surface area contributed by atoms with Gasteiger partial charge in [0, 0.05) is 12.0 Å². The number of benzene rings is 2. The van der Waals surface area contributed by atoms with Crippen molar-refractivity contribution in [1.82, 2.24) is 0 Å². The number of esters is 2. The van der Waals surface area contributed by atoms with Crippen molar-refractivity contribution in [3.8, 4) is 11.1 Å². The van der Waals surface area contributed by atoms with Gasteiger partial charge in [0.05, 0.1) is 5.56 Å². The minimum absolute atomic E-state index is 0.0361. The van der Waals surface area contributed by atoms with E-state index in [0.717, 1.165) is 11.1 Å².